The van der Waals surface area contributed by atoms with Gasteiger partial charge in [0, 0.05) is 24.6 Å². The van der Waals surface area contributed by atoms with Crippen LogP contribution in [-0.2, 0) is 11.3 Å². The van der Waals surface area contributed by atoms with Gasteiger partial charge in [0.2, 0.25) is 0 Å². The molecule has 1 amide bonds. The molecular formula is C16H23NO3. The Balaban J connectivity index is 1.91. The molecular weight excluding hydrogens is 254 g/mol. The van der Waals surface area contributed by atoms with E-state index in [1.54, 1.807) is 7.11 Å². The average molecular weight is 277 g/mol. The molecule has 0 unspecified atom stereocenters. The molecule has 110 valence electrons. The number of ether oxygens (including phenoxy) is 1. The lowest BCUT2D eigenvalue weighted by atomic mass is 9.87. The Kier molecular flexibility index (Phi) is 5.15. The number of carbonyl (C=O) groups excluding carboxylic acids is 1. The average Bonchev–Trinajstić information content (AvgIpc) is 2.95. The predicted octanol–water partition coefficient (Wildman–Crippen LogP) is 2.12. The zero-order chi connectivity index (χ0) is 14.4. The Morgan fingerprint density at radius 3 is 2.50 bits per heavy atom. The van der Waals surface area contributed by atoms with Gasteiger partial charge in [0.05, 0.1) is 13.2 Å². The number of hydrogen-bond acceptors (Lipinski definition) is 3. The minimum atomic E-state index is -0.106. The third-order valence-corrected chi connectivity index (χ3v) is 4.15. The number of hydrogen-bond donors (Lipinski definition) is 2. The largest absolute Gasteiger partial charge is 0.396 e. The van der Waals surface area contributed by atoms with Crippen molar-refractivity contribution in [3.8, 4) is 0 Å². The van der Waals surface area contributed by atoms with Gasteiger partial charge in [-0.25, -0.2) is 0 Å². The second-order valence-electron chi connectivity index (χ2n) is 5.68. The molecule has 1 aromatic carbocycles. The van der Waals surface area contributed by atoms with Gasteiger partial charge in [0.15, 0.2) is 0 Å². The van der Waals surface area contributed by atoms with Crippen molar-refractivity contribution in [3.05, 3.63) is 35.4 Å². The fourth-order valence-corrected chi connectivity index (χ4v) is 2.80. The molecule has 0 saturated heterocycles. The Bertz CT molecular complexity index is 436. The van der Waals surface area contributed by atoms with Gasteiger partial charge in [0.1, 0.15) is 0 Å². The highest BCUT2D eigenvalue weighted by atomic mass is 16.5. The van der Waals surface area contributed by atoms with Crippen LogP contribution in [0.5, 0.6) is 0 Å². The van der Waals surface area contributed by atoms with E-state index < -0.39 is 0 Å². The van der Waals surface area contributed by atoms with Crippen molar-refractivity contribution >= 4 is 5.91 Å². The van der Waals surface area contributed by atoms with E-state index in [-0.39, 0.29) is 17.9 Å². The number of aliphatic hydroxyl groups is 1. The van der Waals surface area contributed by atoms with E-state index in [1.165, 1.54) is 0 Å². The highest BCUT2D eigenvalue weighted by molar-refractivity contribution is 5.94. The first-order valence-corrected chi connectivity index (χ1v) is 7.16. The lowest BCUT2D eigenvalue weighted by Gasteiger charge is -2.26. The molecule has 0 heterocycles. The van der Waals surface area contributed by atoms with E-state index in [4.69, 9.17) is 4.74 Å². The summed E-state index contributed by atoms with van der Waals surface area (Å²) in [6.45, 7) is 1.26. The van der Waals surface area contributed by atoms with Crippen LogP contribution in [0.25, 0.3) is 0 Å². The van der Waals surface area contributed by atoms with Crippen LogP contribution in [-0.4, -0.2) is 31.3 Å². The van der Waals surface area contributed by atoms with Crippen LogP contribution in [0.1, 0.15) is 41.6 Å². The van der Waals surface area contributed by atoms with Crippen molar-refractivity contribution in [1.82, 2.24) is 5.32 Å². The number of methoxy groups -OCH3 is 1. The van der Waals surface area contributed by atoms with Crippen LogP contribution in [0, 0.1) is 5.41 Å². The maximum Gasteiger partial charge on any atom is 0.251 e. The van der Waals surface area contributed by atoms with Crippen molar-refractivity contribution in [2.75, 3.05) is 20.3 Å². The van der Waals surface area contributed by atoms with Crippen LogP contribution in [0.2, 0.25) is 0 Å². The predicted molar refractivity (Wildman–Crippen MR) is 77.5 cm³/mol. The van der Waals surface area contributed by atoms with Gasteiger partial charge in [-0.15, -0.1) is 0 Å². The zero-order valence-corrected chi connectivity index (χ0v) is 12.0. The van der Waals surface area contributed by atoms with Crippen LogP contribution >= 0.6 is 0 Å². The molecule has 0 bridgehead atoms. The summed E-state index contributed by atoms with van der Waals surface area (Å²) in [7, 11) is 1.65. The molecule has 4 heteroatoms. The van der Waals surface area contributed by atoms with Gasteiger partial charge in [-0.2, -0.15) is 0 Å². The Labute approximate surface area is 120 Å². The first kappa shape index (κ1) is 15.0. The minimum absolute atomic E-state index is 0.0753. The quantitative estimate of drug-likeness (QED) is 0.837. The zero-order valence-electron chi connectivity index (χ0n) is 12.0. The summed E-state index contributed by atoms with van der Waals surface area (Å²) in [4.78, 5) is 12.1. The summed E-state index contributed by atoms with van der Waals surface area (Å²) < 4.78 is 5.04. The maximum atomic E-state index is 12.1. The van der Waals surface area contributed by atoms with Gasteiger partial charge in [-0.05, 0) is 30.5 Å². The second-order valence-corrected chi connectivity index (χ2v) is 5.68. The fraction of sp³-hybridized carbons (Fsp3) is 0.562. The van der Waals surface area contributed by atoms with E-state index in [0.717, 1.165) is 31.2 Å². The molecule has 0 aliphatic heterocycles. The number of aliphatic hydroxyl groups excluding tert-OH is 1. The van der Waals surface area contributed by atoms with E-state index in [2.05, 4.69) is 5.32 Å². The molecule has 20 heavy (non-hydrogen) atoms. The topological polar surface area (TPSA) is 58.6 Å². The summed E-state index contributed by atoms with van der Waals surface area (Å²) in [5.41, 5.74) is 1.59. The second kappa shape index (κ2) is 6.86. The normalized spacial score (nSPS) is 17.1. The van der Waals surface area contributed by atoms with Crippen LogP contribution in [0.3, 0.4) is 0 Å². The van der Waals surface area contributed by atoms with Gasteiger partial charge < -0.3 is 15.2 Å². The summed E-state index contributed by atoms with van der Waals surface area (Å²) in [6, 6.07) is 7.42. The number of nitrogens with one attached hydrogen (secondary N) is 1. The maximum absolute atomic E-state index is 12.1. The molecule has 0 spiro atoms. The standard InChI is InChI=1S/C16H23NO3/c1-20-10-13-4-6-14(7-5-13)15(19)17-11-16(12-18)8-2-3-9-16/h4-7,18H,2-3,8-12H2,1H3,(H,17,19). The molecule has 0 aromatic heterocycles. The van der Waals surface area contributed by atoms with E-state index in [0.29, 0.717) is 18.7 Å². The van der Waals surface area contributed by atoms with Gasteiger partial charge in [-0.1, -0.05) is 25.0 Å². The lowest BCUT2D eigenvalue weighted by molar-refractivity contribution is 0.0880. The van der Waals surface area contributed by atoms with Crippen molar-refractivity contribution in [2.24, 2.45) is 5.41 Å². The van der Waals surface area contributed by atoms with Gasteiger partial charge in [0.25, 0.3) is 5.91 Å². The monoisotopic (exact) mass is 277 g/mol. The summed E-state index contributed by atoms with van der Waals surface area (Å²) >= 11 is 0. The van der Waals surface area contributed by atoms with Crippen LogP contribution in [0.4, 0.5) is 0 Å². The van der Waals surface area contributed by atoms with Crippen LogP contribution in [0.15, 0.2) is 24.3 Å². The fourth-order valence-electron chi connectivity index (χ4n) is 2.80. The van der Waals surface area contributed by atoms with Gasteiger partial charge in [-0.3, -0.25) is 4.79 Å². The SMILES string of the molecule is COCc1ccc(C(=O)NCC2(CO)CCCC2)cc1. The molecule has 1 aliphatic rings. The van der Waals surface area contributed by atoms with Crippen molar-refractivity contribution in [1.29, 1.82) is 0 Å². The van der Waals surface area contributed by atoms with E-state index >= 15 is 0 Å². The molecule has 1 aliphatic carbocycles. The minimum Gasteiger partial charge on any atom is -0.396 e. The third kappa shape index (κ3) is 3.58. The molecule has 0 radical (unpaired) electrons. The van der Waals surface area contributed by atoms with Gasteiger partial charge >= 0.3 is 0 Å². The van der Waals surface area contributed by atoms with Crippen molar-refractivity contribution in [3.63, 3.8) is 0 Å². The molecule has 2 rings (SSSR count). The molecule has 0 atom stereocenters. The molecule has 1 aromatic rings. The Morgan fingerprint density at radius 2 is 1.95 bits per heavy atom. The highest BCUT2D eigenvalue weighted by Crippen LogP contribution is 2.36. The number of amides is 1. The van der Waals surface area contributed by atoms with E-state index in [1.807, 2.05) is 24.3 Å². The van der Waals surface area contributed by atoms with Crippen molar-refractivity contribution in [2.45, 2.75) is 32.3 Å². The third-order valence-electron chi connectivity index (χ3n) is 4.15. The number of carbonyl (C=O) groups is 1. The van der Waals surface area contributed by atoms with Crippen LogP contribution < -0.4 is 5.32 Å². The van der Waals surface area contributed by atoms with E-state index in [9.17, 15) is 9.90 Å². The number of rotatable bonds is 6. The lowest BCUT2D eigenvalue weighted by Crippen LogP contribution is -2.38. The molecule has 2 N–H and O–H groups in total. The first-order valence-electron chi connectivity index (χ1n) is 7.16. The molecule has 4 nitrogen and oxygen atoms in total. The smallest absolute Gasteiger partial charge is 0.251 e. The summed E-state index contributed by atoms with van der Waals surface area (Å²) in [5.74, 6) is -0.0753. The Hall–Kier alpha value is -1.39. The Morgan fingerprint density at radius 1 is 1.30 bits per heavy atom. The summed E-state index contributed by atoms with van der Waals surface area (Å²) in [6.07, 6.45) is 4.28. The molecule has 1 fully saturated rings. The highest BCUT2D eigenvalue weighted by Gasteiger charge is 2.33. The number of benzene rings is 1. The summed E-state index contributed by atoms with van der Waals surface area (Å²) in [5, 5.41) is 12.5. The molecule has 1 saturated carbocycles. The van der Waals surface area contributed by atoms with Crippen molar-refractivity contribution < 1.29 is 14.6 Å². The first-order chi connectivity index (χ1) is 9.69.